The lowest BCUT2D eigenvalue weighted by molar-refractivity contribution is -0.113. The fourth-order valence-electron chi connectivity index (χ4n) is 3.19. The number of ketones is 1. The van der Waals surface area contributed by atoms with E-state index in [2.05, 4.69) is 5.32 Å². The molecule has 3 aromatic carbocycles. The van der Waals surface area contributed by atoms with E-state index >= 15 is 0 Å². The monoisotopic (exact) mass is 427 g/mol. The summed E-state index contributed by atoms with van der Waals surface area (Å²) in [6.45, 7) is 3.52. The molecule has 1 heterocycles. The van der Waals surface area contributed by atoms with E-state index in [4.69, 9.17) is 9.97 Å². The normalized spacial score (nSPS) is 10.8. The van der Waals surface area contributed by atoms with Gasteiger partial charge in [-0.25, -0.2) is 9.97 Å². The zero-order valence-corrected chi connectivity index (χ0v) is 18.1. The highest BCUT2D eigenvalue weighted by Gasteiger charge is 2.13. The maximum atomic E-state index is 12.6. The Morgan fingerprint density at radius 3 is 2.52 bits per heavy atom. The highest BCUT2D eigenvalue weighted by Crippen LogP contribution is 2.29. The summed E-state index contributed by atoms with van der Waals surface area (Å²) in [6, 6.07) is 22.8. The van der Waals surface area contributed by atoms with Crippen molar-refractivity contribution in [2.75, 3.05) is 11.1 Å². The number of nitrogens with one attached hydrogen (secondary N) is 1. The van der Waals surface area contributed by atoms with Crippen LogP contribution in [0.3, 0.4) is 0 Å². The average Bonchev–Trinajstić information content (AvgIpc) is 2.78. The van der Waals surface area contributed by atoms with E-state index in [1.807, 2.05) is 55.5 Å². The molecule has 6 heteroatoms. The molecule has 0 bridgehead atoms. The molecular formula is C25H21N3O2S. The maximum Gasteiger partial charge on any atom is 0.234 e. The molecule has 0 saturated carbocycles. The summed E-state index contributed by atoms with van der Waals surface area (Å²) in [4.78, 5) is 33.6. The second-order valence-electron chi connectivity index (χ2n) is 7.21. The van der Waals surface area contributed by atoms with Crippen molar-refractivity contribution < 1.29 is 9.59 Å². The van der Waals surface area contributed by atoms with Crippen molar-refractivity contribution in [3.05, 3.63) is 83.9 Å². The van der Waals surface area contributed by atoms with Crippen LogP contribution in [0.5, 0.6) is 0 Å². The van der Waals surface area contributed by atoms with E-state index in [1.54, 1.807) is 24.3 Å². The van der Waals surface area contributed by atoms with E-state index in [-0.39, 0.29) is 17.4 Å². The molecule has 0 aliphatic carbocycles. The number of benzene rings is 3. The smallest absolute Gasteiger partial charge is 0.234 e. The predicted octanol–water partition coefficient (Wildman–Crippen LogP) is 5.54. The van der Waals surface area contributed by atoms with Crippen molar-refractivity contribution in [2.45, 2.75) is 18.9 Å². The number of carbonyl (C=O) groups excluding carboxylic acids is 2. The Morgan fingerprint density at radius 1 is 0.935 bits per heavy atom. The zero-order chi connectivity index (χ0) is 21.8. The molecular weight excluding hydrogens is 406 g/mol. The molecule has 0 unspecified atom stereocenters. The Bertz CT molecular complexity index is 1270. The van der Waals surface area contributed by atoms with Crippen molar-refractivity contribution in [1.29, 1.82) is 0 Å². The van der Waals surface area contributed by atoms with Crippen LogP contribution in [0.15, 0.2) is 77.8 Å². The van der Waals surface area contributed by atoms with E-state index in [0.717, 1.165) is 27.1 Å². The van der Waals surface area contributed by atoms with Crippen molar-refractivity contribution in [1.82, 2.24) is 9.97 Å². The highest BCUT2D eigenvalue weighted by molar-refractivity contribution is 8.00. The van der Waals surface area contributed by atoms with Gasteiger partial charge in [0.15, 0.2) is 11.6 Å². The first-order valence-electron chi connectivity index (χ1n) is 9.87. The molecule has 154 valence electrons. The summed E-state index contributed by atoms with van der Waals surface area (Å²) in [6.07, 6.45) is 0. The molecule has 4 rings (SSSR count). The Labute approximate surface area is 184 Å². The van der Waals surface area contributed by atoms with E-state index in [0.29, 0.717) is 17.1 Å². The number of hydrogen-bond acceptors (Lipinski definition) is 5. The van der Waals surface area contributed by atoms with Crippen molar-refractivity contribution >= 4 is 40.0 Å². The highest BCUT2D eigenvalue weighted by atomic mass is 32.2. The van der Waals surface area contributed by atoms with Gasteiger partial charge in [-0.2, -0.15) is 0 Å². The third-order valence-electron chi connectivity index (χ3n) is 4.74. The van der Waals surface area contributed by atoms with Crippen molar-refractivity contribution in [3.8, 4) is 11.4 Å². The molecule has 1 N–H and O–H groups in total. The fourth-order valence-corrected chi connectivity index (χ4v) is 4.00. The van der Waals surface area contributed by atoms with E-state index < -0.39 is 0 Å². The summed E-state index contributed by atoms with van der Waals surface area (Å²) in [5.74, 6) is 0.626. The van der Waals surface area contributed by atoms with Crippen LogP contribution in [0.1, 0.15) is 22.8 Å². The Kier molecular flexibility index (Phi) is 6.09. The first kappa shape index (κ1) is 20.8. The number of anilines is 1. The molecule has 0 spiro atoms. The number of amides is 1. The summed E-state index contributed by atoms with van der Waals surface area (Å²) >= 11 is 1.38. The lowest BCUT2D eigenvalue weighted by Crippen LogP contribution is -2.14. The van der Waals surface area contributed by atoms with Gasteiger partial charge in [-0.1, -0.05) is 65.9 Å². The molecule has 0 aliphatic rings. The molecule has 5 nitrogen and oxygen atoms in total. The van der Waals surface area contributed by atoms with Gasteiger partial charge in [0.1, 0.15) is 5.03 Å². The standard InChI is InChI=1S/C25H21N3O2S/c1-16-11-12-22-21(13-16)25(28-24(27-22)18-7-4-3-5-8-18)31-15-23(30)26-20-10-6-9-19(14-20)17(2)29/h3-14H,15H2,1-2H3,(H,26,30). The van der Waals surface area contributed by atoms with Crippen LogP contribution in [0, 0.1) is 6.92 Å². The van der Waals surface area contributed by atoms with Crippen LogP contribution >= 0.6 is 11.8 Å². The summed E-state index contributed by atoms with van der Waals surface area (Å²) in [5.41, 5.74) is 4.05. The van der Waals surface area contributed by atoms with Gasteiger partial charge in [0.05, 0.1) is 11.3 Å². The summed E-state index contributed by atoms with van der Waals surface area (Å²) < 4.78 is 0. The average molecular weight is 428 g/mol. The number of carbonyl (C=O) groups is 2. The van der Waals surface area contributed by atoms with Crippen LogP contribution in [-0.4, -0.2) is 27.4 Å². The lowest BCUT2D eigenvalue weighted by Gasteiger charge is -2.10. The van der Waals surface area contributed by atoms with Gasteiger partial charge in [-0.15, -0.1) is 0 Å². The van der Waals surface area contributed by atoms with Crippen LogP contribution < -0.4 is 5.32 Å². The number of Topliss-reactive ketones (excluding diaryl/α,β-unsaturated/α-hetero) is 1. The number of aromatic nitrogens is 2. The first-order valence-corrected chi connectivity index (χ1v) is 10.9. The zero-order valence-electron chi connectivity index (χ0n) is 17.3. The van der Waals surface area contributed by atoms with Gasteiger partial charge in [-0.3, -0.25) is 9.59 Å². The summed E-state index contributed by atoms with van der Waals surface area (Å²) in [5, 5.41) is 4.55. The predicted molar refractivity (Wildman–Crippen MR) is 126 cm³/mol. The minimum absolute atomic E-state index is 0.0401. The molecule has 0 aliphatic heterocycles. The molecule has 31 heavy (non-hydrogen) atoms. The minimum atomic E-state index is -0.161. The molecule has 0 fully saturated rings. The molecule has 0 saturated heterocycles. The van der Waals surface area contributed by atoms with Gasteiger partial charge in [-0.05, 0) is 38.1 Å². The van der Waals surface area contributed by atoms with Crippen LogP contribution in [-0.2, 0) is 4.79 Å². The number of aryl methyl sites for hydroxylation is 1. The van der Waals surface area contributed by atoms with E-state index in [9.17, 15) is 9.59 Å². The van der Waals surface area contributed by atoms with Gasteiger partial charge < -0.3 is 5.32 Å². The van der Waals surface area contributed by atoms with Gasteiger partial charge in [0, 0.05) is 22.2 Å². The number of hydrogen-bond donors (Lipinski definition) is 1. The third kappa shape index (κ3) is 4.98. The number of nitrogens with zero attached hydrogens (tertiary/aromatic N) is 2. The maximum absolute atomic E-state index is 12.6. The lowest BCUT2D eigenvalue weighted by atomic mass is 10.1. The second-order valence-corrected chi connectivity index (χ2v) is 8.18. The SMILES string of the molecule is CC(=O)c1cccc(NC(=O)CSc2nc(-c3ccccc3)nc3ccc(C)cc23)c1. The molecule has 1 aromatic heterocycles. The van der Waals surface area contributed by atoms with Crippen molar-refractivity contribution in [2.24, 2.45) is 0 Å². The van der Waals surface area contributed by atoms with Crippen LogP contribution in [0.4, 0.5) is 5.69 Å². The van der Waals surface area contributed by atoms with Gasteiger partial charge in [0.25, 0.3) is 0 Å². The minimum Gasteiger partial charge on any atom is -0.325 e. The number of fused-ring (bicyclic) bond motifs is 1. The molecule has 1 amide bonds. The third-order valence-corrected chi connectivity index (χ3v) is 5.73. The van der Waals surface area contributed by atoms with Crippen LogP contribution in [0.2, 0.25) is 0 Å². The number of rotatable bonds is 6. The Morgan fingerprint density at radius 2 is 1.74 bits per heavy atom. The summed E-state index contributed by atoms with van der Waals surface area (Å²) in [7, 11) is 0. The Hall–Kier alpha value is -3.51. The molecule has 4 aromatic rings. The number of thioether (sulfide) groups is 1. The first-order chi connectivity index (χ1) is 15.0. The van der Waals surface area contributed by atoms with Gasteiger partial charge >= 0.3 is 0 Å². The quantitative estimate of drug-likeness (QED) is 0.249. The topological polar surface area (TPSA) is 72.0 Å². The molecule has 0 atom stereocenters. The van der Waals surface area contributed by atoms with E-state index in [1.165, 1.54) is 18.7 Å². The second kappa shape index (κ2) is 9.10. The van der Waals surface area contributed by atoms with Crippen LogP contribution in [0.25, 0.3) is 22.3 Å². The van der Waals surface area contributed by atoms with Gasteiger partial charge in [0.2, 0.25) is 5.91 Å². The van der Waals surface area contributed by atoms with Crippen molar-refractivity contribution in [3.63, 3.8) is 0 Å². The molecule has 0 radical (unpaired) electrons. The Balaban J connectivity index is 1.58. The fraction of sp³-hybridized carbons (Fsp3) is 0.120. The largest absolute Gasteiger partial charge is 0.325 e.